The van der Waals surface area contributed by atoms with Crippen LogP contribution < -0.4 is 25.5 Å². The number of fused-ring (bicyclic) bond motifs is 13. The van der Waals surface area contributed by atoms with Gasteiger partial charge in [0.2, 0.25) is 0 Å². The summed E-state index contributed by atoms with van der Waals surface area (Å²) in [7, 11) is 0. The van der Waals surface area contributed by atoms with Gasteiger partial charge in [0, 0.05) is 87.1 Å². The first-order chi connectivity index (χ1) is 57.1. The number of anilines is 6. The van der Waals surface area contributed by atoms with Crippen molar-refractivity contribution in [2.24, 2.45) is 0 Å². The van der Waals surface area contributed by atoms with Crippen LogP contribution in [-0.4, -0.2) is 15.8 Å². The number of rotatable bonds is 8. The molecule has 6 heteroatoms. The molecule has 516 valence electrons. The molecule has 0 unspecified atom stereocenters. The zero-order valence-corrected chi connectivity index (χ0v) is 62.3. The maximum absolute atomic E-state index is 12.0. The molecule has 21 rings (SSSR count). The van der Waals surface area contributed by atoms with Gasteiger partial charge in [0.15, 0.2) is 0 Å². The second-order valence-corrected chi connectivity index (χ2v) is 33.4. The molecule has 0 fully saturated rings. The lowest BCUT2D eigenvalue weighted by Crippen LogP contribution is -2.60. The van der Waals surface area contributed by atoms with Crippen molar-refractivity contribution in [3.8, 4) is 55.9 Å². The Bertz CT molecular complexity index is 7410. The molecule has 2 aliphatic heterocycles. The standard InChI is InChI=1S/C102H79BN4S/c1-100(2,3)69-54-79(62-29-14-10-15-30-62)96(80(55-69)63-31-16-11-17-32-63)106-87-60-72(105-86-44-27-24-41-76(86)94-78-50-47-67-38-28-37-66-45-46-68(53-88(94)105)93(78)92(66)67)49-52-83(87)103-95-89(106)58-71(102(7,8)9)59-90(95)107(97-81(64-33-18-12-19-34-64)56-70(101(4,5)6)57-82(97)65-35-20-13-21-36-65)98-77-51-48-73(61-91(77)108-99(98)103)104-84-42-25-22-39-74(84)75-40-23-26-43-85(75)104/h10-61H,1-9H3/i22D,23D,25D,26D,39D,40D,42D,43D,49D,52D,60D. The van der Waals surface area contributed by atoms with Gasteiger partial charge in [-0.25, -0.2) is 0 Å². The van der Waals surface area contributed by atoms with E-state index in [0.717, 1.165) is 154 Å². The average molecular weight is 1410 g/mol. The molecule has 0 N–H and O–H groups in total. The van der Waals surface area contributed by atoms with Crippen LogP contribution in [0.3, 0.4) is 0 Å². The van der Waals surface area contributed by atoms with Crippen LogP contribution in [0.15, 0.2) is 315 Å². The van der Waals surface area contributed by atoms with Crippen LogP contribution >= 0.6 is 11.3 Å². The van der Waals surface area contributed by atoms with Crippen LogP contribution in [0.5, 0.6) is 0 Å². The van der Waals surface area contributed by atoms with Gasteiger partial charge >= 0.3 is 0 Å². The first-order valence-corrected chi connectivity index (χ1v) is 38.1. The Kier molecular flexibility index (Phi) is 11.7. The van der Waals surface area contributed by atoms with E-state index >= 15 is 0 Å². The molecule has 0 amide bonds. The number of nitrogens with zero attached hydrogens (tertiary/aromatic N) is 4. The van der Waals surface area contributed by atoms with Crippen molar-refractivity contribution >= 4 is 154 Å². The maximum Gasteiger partial charge on any atom is 0.264 e. The lowest BCUT2D eigenvalue weighted by Gasteiger charge is -2.46. The summed E-state index contributed by atoms with van der Waals surface area (Å²) >= 11 is 1.51. The number of hydrogen-bond donors (Lipinski definition) is 0. The van der Waals surface area contributed by atoms with Gasteiger partial charge in [-0.05, 0) is 189 Å². The molecule has 0 saturated carbocycles. The zero-order valence-electron chi connectivity index (χ0n) is 72.4. The number of thiophene rings is 1. The lowest BCUT2D eigenvalue weighted by molar-refractivity contribution is 0.590. The Morgan fingerprint density at radius 1 is 0.324 bits per heavy atom. The van der Waals surface area contributed by atoms with E-state index in [1.807, 2.05) is 48.5 Å². The Hall–Kier alpha value is -12.2. The summed E-state index contributed by atoms with van der Waals surface area (Å²) in [5.74, 6) is 0. The Balaban J connectivity index is 0.976. The quantitative estimate of drug-likeness (QED) is 0.111. The highest BCUT2D eigenvalue weighted by molar-refractivity contribution is 7.33. The van der Waals surface area contributed by atoms with E-state index in [0.29, 0.717) is 21.5 Å². The van der Waals surface area contributed by atoms with Gasteiger partial charge in [-0.1, -0.05) is 287 Å². The summed E-state index contributed by atoms with van der Waals surface area (Å²) < 4.78 is 115. The molecule has 3 aromatic heterocycles. The van der Waals surface area contributed by atoms with Crippen LogP contribution in [0.4, 0.5) is 34.1 Å². The summed E-state index contributed by atoms with van der Waals surface area (Å²) in [5, 5.41) is 9.30. The topological polar surface area (TPSA) is 16.3 Å². The van der Waals surface area contributed by atoms with Gasteiger partial charge in [0.05, 0.1) is 54.2 Å². The number of para-hydroxylation sites is 3. The minimum absolute atomic E-state index is 0.00292. The molecule has 2 aliphatic rings. The van der Waals surface area contributed by atoms with E-state index in [9.17, 15) is 12.3 Å². The molecule has 0 radical (unpaired) electrons. The van der Waals surface area contributed by atoms with Gasteiger partial charge in [0.25, 0.3) is 6.71 Å². The molecular formula is C102H79BN4S. The fourth-order valence-electron chi connectivity index (χ4n) is 17.5. The molecule has 0 spiro atoms. The van der Waals surface area contributed by atoms with E-state index < -0.39 is 60.5 Å². The molecule has 0 bridgehead atoms. The van der Waals surface area contributed by atoms with Crippen molar-refractivity contribution in [2.45, 2.75) is 78.6 Å². The van der Waals surface area contributed by atoms with E-state index in [1.165, 1.54) is 16.7 Å². The predicted molar refractivity (Wildman–Crippen MR) is 466 cm³/mol. The molecular weight excluding hydrogens is 1320 g/mol. The van der Waals surface area contributed by atoms with E-state index in [1.54, 1.807) is 4.57 Å². The lowest BCUT2D eigenvalue weighted by atomic mass is 9.36. The molecule has 16 aromatic carbocycles. The Morgan fingerprint density at radius 2 is 0.796 bits per heavy atom. The van der Waals surface area contributed by atoms with Crippen molar-refractivity contribution < 1.29 is 15.1 Å². The molecule has 0 saturated heterocycles. The van der Waals surface area contributed by atoms with Crippen LogP contribution in [0, 0.1) is 0 Å². The first kappa shape index (κ1) is 53.5. The summed E-state index contributed by atoms with van der Waals surface area (Å²) in [6.45, 7) is 19.4. The molecule has 4 nitrogen and oxygen atoms in total. The molecule has 0 aliphatic carbocycles. The van der Waals surface area contributed by atoms with Crippen LogP contribution in [0.2, 0.25) is 0 Å². The third-order valence-corrected chi connectivity index (χ3v) is 24.0. The second-order valence-electron chi connectivity index (χ2n) is 32.3. The van der Waals surface area contributed by atoms with Crippen LogP contribution in [0.1, 0.15) is 94.1 Å². The number of aromatic nitrogens is 2. The highest BCUT2D eigenvalue weighted by Gasteiger charge is 2.48. The minimum Gasteiger partial charge on any atom is -0.310 e. The summed E-state index contributed by atoms with van der Waals surface area (Å²) in [5.41, 5.74) is 17.4. The Morgan fingerprint density at radius 3 is 1.35 bits per heavy atom. The van der Waals surface area contributed by atoms with E-state index in [4.69, 9.17) is 2.74 Å². The monoisotopic (exact) mass is 1410 g/mol. The van der Waals surface area contributed by atoms with Gasteiger partial charge in [-0.2, -0.15) is 0 Å². The highest BCUT2D eigenvalue weighted by atomic mass is 32.1. The normalized spacial score (nSPS) is 14.6. The third-order valence-electron chi connectivity index (χ3n) is 22.8. The molecule has 0 atom stereocenters. The van der Waals surface area contributed by atoms with Crippen molar-refractivity contribution in [1.29, 1.82) is 0 Å². The molecule has 108 heavy (non-hydrogen) atoms. The largest absolute Gasteiger partial charge is 0.310 e. The third kappa shape index (κ3) is 9.68. The number of hydrogen-bond acceptors (Lipinski definition) is 3. The van der Waals surface area contributed by atoms with E-state index in [2.05, 4.69) is 277 Å². The molecule has 5 heterocycles. The van der Waals surface area contributed by atoms with Crippen LogP contribution in [-0.2, 0) is 16.2 Å². The van der Waals surface area contributed by atoms with Crippen LogP contribution in [0.25, 0.3) is 142 Å². The van der Waals surface area contributed by atoms with E-state index in [-0.39, 0.29) is 56.5 Å². The summed E-state index contributed by atoms with van der Waals surface area (Å²) in [6.07, 6.45) is 0. The fourth-order valence-corrected chi connectivity index (χ4v) is 18.9. The van der Waals surface area contributed by atoms with Crippen molar-refractivity contribution in [3.05, 3.63) is 332 Å². The van der Waals surface area contributed by atoms with Crippen molar-refractivity contribution in [2.75, 3.05) is 9.80 Å². The summed E-state index contributed by atoms with van der Waals surface area (Å²) in [4.78, 5) is 4.81. The van der Waals surface area contributed by atoms with Gasteiger partial charge in [-0.15, -0.1) is 11.3 Å². The van der Waals surface area contributed by atoms with Gasteiger partial charge < -0.3 is 18.9 Å². The zero-order chi connectivity index (χ0) is 82.4. The summed E-state index contributed by atoms with van der Waals surface area (Å²) in [6, 6.07) is 84.1. The van der Waals surface area contributed by atoms with Crippen molar-refractivity contribution in [1.82, 2.24) is 9.13 Å². The average Bonchev–Trinajstić information content (AvgIpc) is 1.67. The minimum atomic E-state index is -0.892. The van der Waals surface area contributed by atoms with Gasteiger partial charge in [-0.3, -0.25) is 0 Å². The SMILES string of the molecule is [2H]c1c([2H])c(-n2c3ccccc3c3c4ccc5cccc6ccc(cc32)c4c65)c([2H])c2c1B1c3sc4cc(-n5c6c([2H])c([2H])c([2H])c([2H])c6c6c([2H])c([2H])c([2H])c([2H])c65)ccc4c3N(c3c(-c4ccccc4)cc(C(C)(C)C)cc3-c3ccccc3)c3cc(C(C)(C)C)cc(c31)N2c1c(-c2ccccc2)cc(C(C)(C)C)cc1-c1ccccc1. The smallest absolute Gasteiger partial charge is 0.264 e. The van der Waals surface area contributed by atoms with Crippen molar-refractivity contribution in [3.63, 3.8) is 0 Å². The fraction of sp³-hybridized carbons (Fsp3) is 0.118. The molecule has 19 aromatic rings. The Labute approximate surface area is 650 Å². The number of benzene rings is 16. The highest BCUT2D eigenvalue weighted by Crippen LogP contribution is 2.58. The maximum atomic E-state index is 12.0. The predicted octanol–water partition coefficient (Wildman–Crippen LogP) is 26.6. The first-order valence-electron chi connectivity index (χ1n) is 42.8. The second kappa shape index (κ2) is 23.6. The van der Waals surface area contributed by atoms with Gasteiger partial charge in [0.1, 0.15) is 0 Å².